The Bertz CT molecular complexity index is 859. The number of nitrogens with zero attached hydrogens (tertiary/aromatic N) is 4. The van der Waals surface area contributed by atoms with Crippen molar-refractivity contribution in [3.63, 3.8) is 0 Å². The van der Waals surface area contributed by atoms with E-state index in [1.807, 2.05) is 6.92 Å². The van der Waals surface area contributed by atoms with Crippen LogP contribution in [0.3, 0.4) is 0 Å². The minimum atomic E-state index is -3.64. The summed E-state index contributed by atoms with van der Waals surface area (Å²) in [5.74, 6) is 0.371. The normalized spacial score (nSPS) is 12.0. The molecule has 0 spiro atoms. The first-order valence-corrected chi connectivity index (χ1v) is 8.31. The average Bonchev–Trinajstić information content (AvgIpc) is 2.65. The van der Waals surface area contributed by atoms with Crippen molar-refractivity contribution in [3.8, 4) is 0 Å². The Morgan fingerprint density at radius 1 is 1.43 bits per heavy atom. The summed E-state index contributed by atoms with van der Waals surface area (Å²) in [7, 11) is -3.64. The molecule has 0 aliphatic rings. The number of nitrogens with two attached hydrogens (primary N) is 1. The third kappa shape index (κ3) is 2.56. The lowest BCUT2D eigenvalue weighted by Crippen LogP contribution is -2.08. The lowest BCUT2D eigenvalue weighted by atomic mass is 10.0. The molecule has 0 saturated heterocycles. The molecular formula is C13H17N5O2S. The van der Waals surface area contributed by atoms with Gasteiger partial charge in [0.1, 0.15) is 5.82 Å². The second-order valence-electron chi connectivity index (χ2n) is 5.43. The first-order valence-electron chi connectivity index (χ1n) is 6.42. The number of aryl methyl sites for hydroxylation is 1. The molecule has 8 heteroatoms. The highest BCUT2D eigenvalue weighted by atomic mass is 32.2. The maximum absolute atomic E-state index is 11.9. The molecular weight excluding hydrogens is 290 g/mol. The van der Waals surface area contributed by atoms with Gasteiger partial charge in [0.25, 0.3) is 5.69 Å². The van der Waals surface area contributed by atoms with Gasteiger partial charge >= 0.3 is 0 Å². The molecule has 21 heavy (non-hydrogen) atoms. The number of anilines is 1. The molecule has 0 bridgehead atoms. The van der Waals surface area contributed by atoms with Gasteiger partial charge in [0.05, 0.1) is 12.3 Å². The van der Waals surface area contributed by atoms with Crippen LogP contribution in [0, 0.1) is 19.4 Å². The molecule has 2 aromatic rings. The van der Waals surface area contributed by atoms with E-state index in [4.69, 9.17) is 12.3 Å². The number of fused-ring (bicyclic) bond motifs is 1. The number of sulfone groups is 1. The summed E-state index contributed by atoms with van der Waals surface area (Å²) in [5, 5.41) is 4.00. The van der Waals surface area contributed by atoms with Crippen LogP contribution in [0.5, 0.6) is 0 Å². The molecule has 0 amide bonds. The van der Waals surface area contributed by atoms with Gasteiger partial charge in [-0.05, 0) is 19.3 Å². The Morgan fingerprint density at radius 3 is 2.52 bits per heavy atom. The van der Waals surface area contributed by atoms with Crippen molar-refractivity contribution in [1.29, 1.82) is 0 Å². The number of rotatable bonds is 3. The topological polar surface area (TPSA) is 94.7 Å². The van der Waals surface area contributed by atoms with Crippen molar-refractivity contribution in [2.75, 3.05) is 12.0 Å². The predicted molar refractivity (Wildman–Crippen MR) is 80.1 cm³/mol. The van der Waals surface area contributed by atoms with E-state index in [1.54, 1.807) is 0 Å². The quantitative estimate of drug-likeness (QED) is 0.689. The van der Waals surface area contributed by atoms with Crippen molar-refractivity contribution in [2.24, 2.45) is 5.92 Å². The molecule has 0 fully saturated rings. The van der Waals surface area contributed by atoms with Crippen LogP contribution in [0.4, 0.5) is 11.5 Å². The van der Waals surface area contributed by atoms with Gasteiger partial charge in [0.15, 0.2) is 20.5 Å². The number of hydrogen-bond donors (Lipinski definition) is 1. The van der Waals surface area contributed by atoms with E-state index in [1.165, 1.54) is 4.52 Å². The van der Waals surface area contributed by atoms with Gasteiger partial charge in [0, 0.05) is 11.8 Å². The summed E-state index contributed by atoms with van der Waals surface area (Å²) in [6, 6.07) is 0. The van der Waals surface area contributed by atoms with Gasteiger partial charge in [-0.1, -0.05) is 13.8 Å². The standard InChI is InChI=1S/C13H17N5O2S/c1-7(2)6-9-8(3)17-18-11(14)10(15-4)13(16-12(9)18)21(5,19)20/h7H,6,14H2,1-3,5H3. The fraction of sp³-hybridized carbons (Fsp3) is 0.462. The highest BCUT2D eigenvalue weighted by Gasteiger charge is 2.24. The van der Waals surface area contributed by atoms with Gasteiger partial charge in [0.2, 0.25) is 0 Å². The Labute approximate surface area is 123 Å². The zero-order valence-corrected chi connectivity index (χ0v) is 13.2. The highest BCUT2D eigenvalue weighted by Crippen LogP contribution is 2.32. The van der Waals surface area contributed by atoms with E-state index in [0.717, 1.165) is 17.5 Å². The zero-order valence-electron chi connectivity index (χ0n) is 12.4. The van der Waals surface area contributed by atoms with Crippen molar-refractivity contribution in [3.05, 3.63) is 22.7 Å². The molecule has 112 valence electrons. The summed E-state index contributed by atoms with van der Waals surface area (Å²) in [5.41, 5.74) is 7.75. The molecule has 2 aromatic heterocycles. The average molecular weight is 307 g/mol. The van der Waals surface area contributed by atoms with Gasteiger partial charge in [-0.15, -0.1) is 0 Å². The first kappa shape index (κ1) is 15.3. The lowest BCUT2D eigenvalue weighted by molar-refractivity contribution is 0.598. The molecule has 0 aromatic carbocycles. The Kier molecular flexibility index (Phi) is 3.63. The monoisotopic (exact) mass is 307 g/mol. The summed E-state index contributed by atoms with van der Waals surface area (Å²) in [6.45, 7) is 13.1. The molecule has 2 heterocycles. The van der Waals surface area contributed by atoms with E-state index in [-0.39, 0.29) is 16.5 Å². The second kappa shape index (κ2) is 5.00. The van der Waals surface area contributed by atoms with E-state index < -0.39 is 9.84 Å². The molecule has 7 nitrogen and oxygen atoms in total. The Hall–Kier alpha value is -2.14. The Morgan fingerprint density at radius 2 is 2.05 bits per heavy atom. The van der Waals surface area contributed by atoms with Gasteiger partial charge < -0.3 is 5.73 Å². The van der Waals surface area contributed by atoms with E-state index in [2.05, 4.69) is 28.8 Å². The summed E-state index contributed by atoms with van der Waals surface area (Å²) >= 11 is 0. The van der Waals surface area contributed by atoms with Crippen molar-refractivity contribution in [1.82, 2.24) is 14.6 Å². The van der Waals surface area contributed by atoms with E-state index in [0.29, 0.717) is 18.0 Å². The third-order valence-corrected chi connectivity index (χ3v) is 4.10. The van der Waals surface area contributed by atoms with Crippen LogP contribution < -0.4 is 5.73 Å². The molecule has 0 unspecified atom stereocenters. The summed E-state index contributed by atoms with van der Waals surface area (Å²) in [6.07, 6.45) is 1.73. The van der Waals surface area contributed by atoms with E-state index >= 15 is 0 Å². The van der Waals surface area contributed by atoms with E-state index in [9.17, 15) is 8.42 Å². The van der Waals surface area contributed by atoms with Crippen molar-refractivity contribution in [2.45, 2.75) is 32.2 Å². The lowest BCUT2D eigenvalue weighted by Gasteiger charge is -2.08. The second-order valence-corrected chi connectivity index (χ2v) is 7.36. The van der Waals surface area contributed by atoms with Crippen LogP contribution >= 0.6 is 0 Å². The molecule has 0 atom stereocenters. The maximum Gasteiger partial charge on any atom is 0.264 e. The smallest absolute Gasteiger partial charge is 0.264 e. The van der Waals surface area contributed by atoms with Gasteiger partial charge in [-0.3, -0.25) is 0 Å². The van der Waals surface area contributed by atoms with Gasteiger partial charge in [-0.25, -0.2) is 22.8 Å². The van der Waals surface area contributed by atoms with Crippen LogP contribution in [-0.4, -0.2) is 29.3 Å². The van der Waals surface area contributed by atoms with Crippen LogP contribution in [0.1, 0.15) is 25.1 Å². The largest absolute Gasteiger partial charge is 0.392 e. The number of nitrogen functional groups attached to an aromatic ring is 1. The molecule has 0 radical (unpaired) electrons. The summed E-state index contributed by atoms with van der Waals surface area (Å²) in [4.78, 5) is 7.38. The van der Waals surface area contributed by atoms with Crippen LogP contribution in [0.15, 0.2) is 5.03 Å². The Balaban J connectivity index is 2.93. The molecule has 0 saturated carbocycles. The summed E-state index contributed by atoms with van der Waals surface area (Å²) < 4.78 is 25.1. The number of hydrogen-bond acceptors (Lipinski definition) is 5. The minimum Gasteiger partial charge on any atom is -0.392 e. The van der Waals surface area contributed by atoms with Crippen LogP contribution in [0.25, 0.3) is 10.5 Å². The zero-order chi connectivity index (χ0) is 15.9. The predicted octanol–water partition coefficient (Wildman–Crippen LogP) is 1.77. The van der Waals surface area contributed by atoms with Crippen molar-refractivity contribution < 1.29 is 8.42 Å². The highest BCUT2D eigenvalue weighted by molar-refractivity contribution is 7.90. The molecule has 2 N–H and O–H groups in total. The molecule has 2 rings (SSSR count). The first-order chi connectivity index (χ1) is 9.66. The minimum absolute atomic E-state index is 0.00790. The van der Waals surface area contributed by atoms with Crippen molar-refractivity contribution >= 4 is 27.0 Å². The molecule has 0 aliphatic heterocycles. The molecule has 0 aliphatic carbocycles. The van der Waals surface area contributed by atoms with Crippen LogP contribution in [-0.2, 0) is 16.3 Å². The fourth-order valence-corrected chi connectivity index (χ4v) is 2.95. The van der Waals surface area contributed by atoms with Gasteiger partial charge in [-0.2, -0.15) is 5.10 Å². The van der Waals surface area contributed by atoms with Crippen LogP contribution in [0.2, 0.25) is 0 Å². The SMILES string of the molecule is [C-]#[N+]c1c(S(C)(=O)=O)nc2c(CC(C)C)c(C)nn2c1N. The number of aromatic nitrogens is 3. The third-order valence-electron chi connectivity index (χ3n) is 3.11. The maximum atomic E-state index is 11.9. The fourth-order valence-electron chi connectivity index (χ4n) is 2.20.